The van der Waals surface area contributed by atoms with Crippen LogP contribution in [0.4, 0.5) is 0 Å². The molecule has 3 aliphatic rings. The van der Waals surface area contributed by atoms with E-state index < -0.39 is 0 Å². The minimum Gasteiger partial charge on any atom is -0.339 e. The number of amides is 1. The number of hydrogen-bond donors (Lipinski definition) is 0. The Morgan fingerprint density at radius 2 is 1.77 bits per heavy atom. The molecule has 1 amide bonds. The summed E-state index contributed by atoms with van der Waals surface area (Å²) in [6, 6.07) is 0.411. The molecule has 2 saturated carbocycles. The Bertz CT molecular complexity index is 535. The van der Waals surface area contributed by atoms with Crippen molar-refractivity contribution in [3.8, 4) is 0 Å². The van der Waals surface area contributed by atoms with E-state index in [0.29, 0.717) is 17.4 Å². The highest BCUT2D eigenvalue weighted by Gasteiger charge is 2.63. The fraction of sp³-hybridized carbons (Fsp3) is 0.833. The Kier molecular flexibility index (Phi) is 3.70. The highest BCUT2D eigenvalue weighted by atomic mass is 35.5. The summed E-state index contributed by atoms with van der Waals surface area (Å²) in [4.78, 5) is 15.3. The lowest BCUT2D eigenvalue weighted by Gasteiger charge is -2.39. The first-order valence-corrected chi connectivity index (χ1v) is 9.04. The van der Waals surface area contributed by atoms with Crippen LogP contribution in [-0.2, 0) is 4.79 Å². The van der Waals surface area contributed by atoms with E-state index in [0.717, 1.165) is 19.4 Å². The van der Waals surface area contributed by atoms with Crippen LogP contribution >= 0.6 is 23.2 Å². The van der Waals surface area contributed by atoms with Gasteiger partial charge in [0.25, 0.3) is 0 Å². The Hall–Kier alpha value is -0.210. The second-order valence-corrected chi connectivity index (χ2v) is 10.5. The van der Waals surface area contributed by atoms with Crippen molar-refractivity contribution in [2.75, 3.05) is 6.54 Å². The number of carbonyl (C=O) groups is 1. The van der Waals surface area contributed by atoms with E-state index in [4.69, 9.17) is 23.2 Å². The van der Waals surface area contributed by atoms with E-state index >= 15 is 0 Å². The number of nitrogens with zero attached hydrogens (tertiary/aromatic N) is 1. The van der Waals surface area contributed by atoms with E-state index in [1.54, 1.807) is 0 Å². The van der Waals surface area contributed by atoms with Crippen LogP contribution in [0.25, 0.3) is 0 Å². The van der Waals surface area contributed by atoms with Gasteiger partial charge in [0, 0.05) is 12.6 Å². The molecule has 0 N–H and O–H groups in total. The maximum Gasteiger partial charge on any atom is 0.227 e. The van der Waals surface area contributed by atoms with E-state index in [1.807, 2.05) is 6.08 Å². The lowest BCUT2D eigenvalue weighted by atomic mass is 9.65. The van der Waals surface area contributed by atoms with Crippen molar-refractivity contribution in [2.24, 2.45) is 28.1 Å². The Morgan fingerprint density at radius 1 is 1.14 bits per heavy atom. The van der Waals surface area contributed by atoms with Crippen LogP contribution in [0.1, 0.15) is 53.9 Å². The van der Waals surface area contributed by atoms with E-state index in [1.165, 1.54) is 6.42 Å². The van der Waals surface area contributed by atoms with Crippen LogP contribution in [0.2, 0.25) is 0 Å². The third-order valence-electron chi connectivity index (χ3n) is 6.18. The van der Waals surface area contributed by atoms with Crippen LogP contribution < -0.4 is 0 Å². The van der Waals surface area contributed by atoms with E-state index in [-0.39, 0.29) is 27.2 Å². The SMILES string of the molecule is CC1(C)C[C@H]2C[C@](C)(CN2C(=O)[C@H]2[C@H](C=C(Cl)Cl)C2(C)C)C1. The number of carbonyl (C=O) groups excluding carboxylic acids is 1. The van der Waals surface area contributed by atoms with Gasteiger partial charge < -0.3 is 4.90 Å². The Labute approximate surface area is 144 Å². The normalized spacial score (nSPS) is 41.2. The van der Waals surface area contributed by atoms with Crippen molar-refractivity contribution in [3.63, 3.8) is 0 Å². The second kappa shape index (κ2) is 4.89. The van der Waals surface area contributed by atoms with Crippen molar-refractivity contribution in [1.29, 1.82) is 0 Å². The molecule has 2 bridgehead atoms. The molecule has 22 heavy (non-hydrogen) atoms. The first-order chi connectivity index (χ1) is 9.95. The molecule has 4 heteroatoms. The van der Waals surface area contributed by atoms with Gasteiger partial charge in [0.05, 0.1) is 5.92 Å². The van der Waals surface area contributed by atoms with Gasteiger partial charge in [-0.3, -0.25) is 4.79 Å². The van der Waals surface area contributed by atoms with Crippen molar-refractivity contribution < 1.29 is 4.79 Å². The highest BCUT2D eigenvalue weighted by Crippen LogP contribution is 2.62. The van der Waals surface area contributed by atoms with Crippen LogP contribution in [0.3, 0.4) is 0 Å². The largest absolute Gasteiger partial charge is 0.339 e. The van der Waals surface area contributed by atoms with Gasteiger partial charge in [-0.2, -0.15) is 0 Å². The Morgan fingerprint density at radius 3 is 2.36 bits per heavy atom. The van der Waals surface area contributed by atoms with Gasteiger partial charge in [0.2, 0.25) is 5.91 Å². The molecule has 3 rings (SSSR count). The number of allylic oxidation sites excluding steroid dienone is 1. The summed E-state index contributed by atoms with van der Waals surface area (Å²) in [6.07, 6.45) is 5.34. The van der Waals surface area contributed by atoms with Gasteiger partial charge in [-0.05, 0) is 47.5 Å². The zero-order valence-electron chi connectivity index (χ0n) is 14.2. The first-order valence-electron chi connectivity index (χ1n) is 8.29. The zero-order valence-corrected chi connectivity index (χ0v) is 15.8. The van der Waals surface area contributed by atoms with Crippen LogP contribution in [0, 0.1) is 28.1 Å². The molecule has 1 aliphatic heterocycles. The average molecular weight is 344 g/mol. The molecule has 0 spiro atoms. The minimum absolute atomic E-state index is 0.0285. The maximum absolute atomic E-state index is 13.1. The number of rotatable bonds is 2. The summed E-state index contributed by atoms with van der Waals surface area (Å²) in [5.74, 6) is 0.518. The predicted molar refractivity (Wildman–Crippen MR) is 91.8 cm³/mol. The molecule has 124 valence electrons. The molecular formula is C18H27Cl2NO. The third kappa shape index (κ3) is 2.71. The topological polar surface area (TPSA) is 20.3 Å². The lowest BCUT2D eigenvalue weighted by molar-refractivity contribution is -0.134. The number of hydrogen-bond acceptors (Lipinski definition) is 1. The summed E-state index contributed by atoms with van der Waals surface area (Å²) in [6.45, 7) is 12.2. The molecule has 0 unspecified atom stereocenters. The summed E-state index contributed by atoms with van der Waals surface area (Å²) in [7, 11) is 0. The van der Waals surface area contributed by atoms with E-state index in [2.05, 4.69) is 39.5 Å². The summed E-state index contributed by atoms with van der Waals surface area (Å²) in [5.41, 5.74) is 0.598. The van der Waals surface area contributed by atoms with Gasteiger partial charge in [0.15, 0.2) is 0 Å². The quantitative estimate of drug-likeness (QED) is 0.690. The smallest absolute Gasteiger partial charge is 0.227 e. The zero-order chi connectivity index (χ0) is 16.5. The molecule has 1 saturated heterocycles. The van der Waals surface area contributed by atoms with Crippen molar-refractivity contribution in [3.05, 3.63) is 10.6 Å². The lowest BCUT2D eigenvalue weighted by Crippen LogP contribution is -2.39. The van der Waals surface area contributed by atoms with Crippen molar-refractivity contribution >= 4 is 29.1 Å². The minimum atomic E-state index is -0.0285. The van der Waals surface area contributed by atoms with Gasteiger partial charge in [0.1, 0.15) is 4.49 Å². The monoisotopic (exact) mass is 343 g/mol. The van der Waals surface area contributed by atoms with Gasteiger partial charge in [-0.25, -0.2) is 0 Å². The molecule has 4 atom stereocenters. The average Bonchev–Trinajstić information content (AvgIpc) is 2.70. The number of halogens is 2. The number of fused-ring (bicyclic) bond motifs is 2. The molecule has 2 aliphatic carbocycles. The van der Waals surface area contributed by atoms with Crippen molar-refractivity contribution in [2.45, 2.75) is 59.9 Å². The summed E-state index contributed by atoms with van der Waals surface area (Å²) < 4.78 is 0.279. The van der Waals surface area contributed by atoms with Gasteiger partial charge >= 0.3 is 0 Å². The molecule has 0 aromatic heterocycles. The van der Waals surface area contributed by atoms with Gasteiger partial charge in [-0.15, -0.1) is 0 Å². The first kappa shape index (κ1) is 16.6. The third-order valence-corrected chi connectivity index (χ3v) is 6.43. The fourth-order valence-electron chi connectivity index (χ4n) is 5.49. The molecular weight excluding hydrogens is 317 g/mol. The number of likely N-dealkylation sites (tertiary alicyclic amines) is 1. The van der Waals surface area contributed by atoms with Crippen LogP contribution in [0.5, 0.6) is 0 Å². The molecule has 0 aromatic rings. The molecule has 1 heterocycles. The fourth-order valence-corrected chi connectivity index (χ4v) is 5.76. The predicted octanol–water partition coefficient (Wildman–Crippen LogP) is 5.00. The molecule has 2 nitrogen and oxygen atoms in total. The Balaban J connectivity index is 1.79. The van der Waals surface area contributed by atoms with Gasteiger partial charge in [-0.1, -0.05) is 57.8 Å². The van der Waals surface area contributed by atoms with Crippen molar-refractivity contribution in [1.82, 2.24) is 4.90 Å². The summed E-state index contributed by atoms with van der Waals surface area (Å²) in [5, 5.41) is 0. The summed E-state index contributed by atoms with van der Waals surface area (Å²) >= 11 is 11.6. The standard InChI is InChI=1S/C18H27Cl2NO/c1-16(2)7-11-8-18(5,9-16)10-21(11)15(22)14-12(6-13(19)20)17(14,3)4/h6,11-12,14H,7-10H2,1-5H3/t11-,12-,14+,18-/m0/s1. The maximum atomic E-state index is 13.1. The van der Waals surface area contributed by atoms with Crippen LogP contribution in [0.15, 0.2) is 10.6 Å². The van der Waals surface area contributed by atoms with Crippen LogP contribution in [-0.4, -0.2) is 23.4 Å². The second-order valence-electron chi connectivity index (χ2n) is 9.46. The highest BCUT2D eigenvalue weighted by molar-refractivity contribution is 6.55. The molecule has 0 aromatic carbocycles. The molecule has 3 fully saturated rings. The van der Waals surface area contributed by atoms with E-state index in [9.17, 15) is 4.79 Å². The molecule has 0 radical (unpaired) electrons.